The van der Waals surface area contributed by atoms with Crippen molar-refractivity contribution >= 4 is 35.7 Å². The van der Waals surface area contributed by atoms with Gasteiger partial charge in [-0.2, -0.15) is 8.42 Å². The van der Waals surface area contributed by atoms with Crippen molar-refractivity contribution in [2.24, 2.45) is 23.2 Å². The van der Waals surface area contributed by atoms with E-state index in [1.54, 1.807) is 12.1 Å². The van der Waals surface area contributed by atoms with E-state index in [0.29, 0.717) is 31.5 Å². The molecule has 0 amide bonds. The van der Waals surface area contributed by atoms with Gasteiger partial charge in [-0.3, -0.25) is 14.1 Å². The lowest BCUT2D eigenvalue weighted by molar-refractivity contribution is -0.166. The average molecular weight is 448 g/mol. The fourth-order valence-corrected chi connectivity index (χ4v) is 5.86. The number of hydrogen-bond donors (Lipinski definition) is 1. The standard InChI is InChI=1S/C21H25BO8S/c22-11-12-1-2-16(19(24)29-3-4-31(26,27)28)17(7-12)30-20(25)21-8-13-5-14(9-21)18(23)15(6-13)10-21/h1-2,7,13-15H,3-6,8-11,22H2,(H,26,27,28). The molecule has 4 aliphatic rings. The number of Topliss-reactive ketones (excluding diaryl/α,β-unsaturated/α-hetero) is 1. The first-order valence-electron chi connectivity index (χ1n) is 10.6. The highest BCUT2D eigenvalue weighted by atomic mass is 32.2. The van der Waals surface area contributed by atoms with E-state index in [9.17, 15) is 22.8 Å². The van der Waals surface area contributed by atoms with E-state index in [1.165, 1.54) is 6.07 Å². The summed E-state index contributed by atoms with van der Waals surface area (Å²) in [6.07, 6.45) is 4.06. The van der Waals surface area contributed by atoms with Gasteiger partial charge in [0.15, 0.2) is 0 Å². The summed E-state index contributed by atoms with van der Waals surface area (Å²) in [5.41, 5.74) is 0.179. The molecule has 2 unspecified atom stereocenters. The molecule has 0 aromatic heterocycles. The zero-order valence-electron chi connectivity index (χ0n) is 17.3. The lowest BCUT2D eigenvalue weighted by Gasteiger charge is -2.53. The molecule has 0 aliphatic heterocycles. The highest BCUT2D eigenvalue weighted by Crippen LogP contribution is 2.59. The molecule has 8 nitrogen and oxygen atoms in total. The SMILES string of the molecule is BCc1ccc(C(=O)OCCS(=O)(=O)O)c(OC(=O)C23CC4CC(C2)C(=O)C(C4)C3)c1. The van der Waals surface area contributed by atoms with Crippen LogP contribution in [0.4, 0.5) is 0 Å². The van der Waals surface area contributed by atoms with Crippen molar-refractivity contribution in [3.8, 4) is 5.75 Å². The Bertz CT molecular complexity index is 1020. The normalized spacial score (nSPS) is 29.1. The van der Waals surface area contributed by atoms with E-state index in [0.717, 1.165) is 18.4 Å². The first-order valence-corrected chi connectivity index (χ1v) is 12.2. The van der Waals surface area contributed by atoms with E-state index >= 15 is 0 Å². The molecular weight excluding hydrogens is 423 g/mol. The second-order valence-electron chi connectivity index (χ2n) is 9.02. The first kappa shape index (κ1) is 22.0. The molecule has 0 saturated heterocycles. The van der Waals surface area contributed by atoms with Crippen molar-refractivity contribution in [3.63, 3.8) is 0 Å². The fourth-order valence-electron chi connectivity index (χ4n) is 5.56. The van der Waals surface area contributed by atoms with Gasteiger partial charge >= 0.3 is 11.9 Å². The topological polar surface area (TPSA) is 124 Å². The van der Waals surface area contributed by atoms with Gasteiger partial charge < -0.3 is 9.47 Å². The summed E-state index contributed by atoms with van der Waals surface area (Å²) in [7, 11) is -2.34. The fraction of sp³-hybridized carbons (Fsp3) is 0.571. The maximum absolute atomic E-state index is 13.3. The third-order valence-corrected chi connectivity index (χ3v) is 7.56. The summed E-state index contributed by atoms with van der Waals surface area (Å²) in [5, 5.41) is 0. The van der Waals surface area contributed by atoms with Crippen LogP contribution in [0, 0.1) is 23.2 Å². The van der Waals surface area contributed by atoms with E-state index in [1.807, 2.05) is 7.85 Å². The molecule has 4 aliphatic carbocycles. The van der Waals surface area contributed by atoms with Crippen LogP contribution in [0.5, 0.6) is 5.75 Å². The van der Waals surface area contributed by atoms with Crippen molar-refractivity contribution in [2.75, 3.05) is 12.4 Å². The van der Waals surface area contributed by atoms with Gasteiger partial charge in [0.2, 0.25) is 0 Å². The molecule has 166 valence electrons. The third-order valence-electron chi connectivity index (χ3n) is 6.88. The predicted octanol–water partition coefficient (Wildman–Crippen LogP) is 1.17. The maximum atomic E-state index is 13.3. The third kappa shape index (κ3) is 4.41. The molecule has 5 rings (SSSR count). The summed E-state index contributed by atoms with van der Waals surface area (Å²) >= 11 is 0. The number of ketones is 1. The number of benzene rings is 1. The largest absolute Gasteiger partial charge is 0.461 e. The Hall–Kier alpha value is -2.20. The van der Waals surface area contributed by atoms with E-state index in [2.05, 4.69) is 0 Å². The van der Waals surface area contributed by atoms with Crippen LogP contribution in [0.15, 0.2) is 18.2 Å². The van der Waals surface area contributed by atoms with Gasteiger partial charge in [-0.25, -0.2) is 4.79 Å². The minimum atomic E-state index is -4.26. The minimum absolute atomic E-state index is 0.0155. The number of hydrogen-bond acceptors (Lipinski definition) is 7. The average Bonchev–Trinajstić information content (AvgIpc) is 2.70. The Morgan fingerprint density at radius 3 is 2.45 bits per heavy atom. The molecule has 1 aromatic carbocycles. The molecule has 1 N–H and O–H groups in total. The van der Waals surface area contributed by atoms with Gasteiger partial charge in [-0.05, 0) is 50.2 Å². The molecule has 4 fully saturated rings. The monoisotopic (exact) mass is 448 g/mol. The Kier molecular flexibility index (Phi) is 5.72. The van der Waals surface area contributed by atoms with Crippen LogP contribution in [0.2, 0.25) is 0 Å². The van der Waals surface area contributed by atoms with Crippen molar-refractivity contribution in [2.45, 2.75) is 38.4 Å². The second-order valence-corrected chi connectivity index (χ2v) is 10.6. The molecular formula is C21H25BO8S. The number of ether oxygens (including phenoxy) is 2. The Morgan fingerprint density at radius 1 is 1.16 bits per heavy atom. The lowest BCUT2D eigenvalue weighted by Crippen LogP contribution is -2.55. The molecule has 1 aromatic rings. The van der Waals surface area contributed by atoms with Gasteiger partial charge in [-0.1, -0.05) is 17.9 Å². The first-order chi connectivity index (χ1) is 14.6. The van der Waals surface area contributed by atoms with Crippen molar-refractivity contribution in [1.82, 2.24) is 0 Å². The molecule has 0 heterocycles. The summed E-state index contributed by atoms with van der Waals surface area (Å²) in [6.45, 7) is -0.516. The number of carbonyl (C=O) groups is 3. The summed E-state index contributed by atoms with van der Waals surface area (Å²) < 4.78 is 41.2. The molecule has 10 heteroatoms. The lowest BCUT2D eigenvalue weighted by atomic mass is 9.49. The van der Waals surface area contributed by atoms with Gasteiger partial charge in [0.25, 0.3) is 10.1 Å². The molecule has 4 saturated carbocycles. The van der Waals surface area contributed by atoms with Crippen LogP contribution < -0.4 is 4.74 Å². The van der Waals surface area contributed by atoms with E-state index in [-0.39, 0.29) is 28.9 Å². The quantitative estimate of drug-likeness (QED) is 0.285. The summed E-state index contributed by atoms with van der Waals surface area (Å²) in [5.74, 6) is -1.43. The number of carbonyl (C=O) groups excluding carboxylic acids is 3. The zero-order valence-corrected chi connectivity index (χ0v) is 18.2. The Morgan fingerprint density at radius 2 is 1.84 bits per heavy atom. The van der Waals surface area contributed by atoms with Crippen molar-refractivity contribution in [3.05, 3.63) is 29.3 Å². The second kappa shape index (κ2) is 8.05. The van der Waals surface area contributed by atoms with E-state index < -0.39 is 39.8 Å². The minimum Gasteiger partial charge on any atom is -0.461 e. The van der Waals surface area contributed by atoms with Gasteiger partial charge in [0.1, 0.15) is 37.3 Å². The predicted molar refractivity (Wildman–Crippen MR) is 112 cm³/mol. The highest BCUT2D eigenvalue weighted by molar-refractivity contribution is 7.85. The van der Waals surface area contributed by atoms with Gasteiger partial charge in [0, 0.05) is 11.8 Å². The summed E-state index contributed by atoms with van der Waals surface area (Å²) in [6, 6.07) is 4.81. The van der Waals surface area contributed by atoms with Crippen LogP contribution in [0.3, 0.4) is 0 Å². The van der Waals surface area contributed by atoms with Crippen LogP contribution in [0.25, 0.3) is 0 Å². The van der Waals surface area contributed by atoms with Gasteiger partial charge in [-0.15, -0.1) is 0 Å². The molecule has 2 atom stereocenters. The van der Waals surface area contributed by atoms with Crippen molar-refractivity contribution < 1.29 is 36.8 Å². The smallest absolute Gasteiger partial charge is 0.341 e. The molecule has 4 bridgehead atoms. The summed E-state index contributed by atoms with van der Waals surface area (Å²) in [4.78, 5) is 38.2. The van der Waals surface area contributed by atoms with Crippen LogP contribution in [-0.4, -0.2) is 50.9 Å². The van der Waals surface area contributed by atoms with E-state index in [4.69, 9.17) is 14.0 Å². The zero-order chi connectivity index (χ0) is 22.4. The molecule has 0 radical (unpaired) electrons. The highest BCUT2D eigenvalue weighted by Gasteiger charge is 2.59. The number of rotatable bonds is 7. The Labute approximate surface area is 181 Å². The Balaban J connectivity index is 1.54. The van der Waals surface area contributed by atoms with Crippen LogP contribution >= 0.6 is 0 Å². The number of esters is 2. The van der Waals surface area contributed by atoms with Gasteiger partial charge in [0.05, 0.1) is 5.41 Å². The van der Waals surface area contributed by atoms with Crippen molar-refractivity contribution in [1.29, 1.82) is 0 Å². The maximum Gasteiger partial charge on any atom is 0.341 e. The molecule has 0 spiro atoms. The molecule has 31 heavy (non-hydrogen) atoms. The van der Waals surface area contributed by atoms with Crippen LogP contribution in [0.1, 0.15) is 48.0 Å². The van der Waals surface area contributed by atoms with Crippen LogP contribution in [-0.2, 0) is 30.8 Å².